The topological polar surface area (TPSA) is 44.4 Å². The van der Waals surface area contributed by atoms with Crippen molar-refractivity contribution in [2.75, 3.05) is 32.7 Å². The third-order valence-electron chi connectivity index (χ3n) is 3.93. The van der Waals surface area contributed by atoms with Gasteiger partial charge < -0.3 is 15.5 Å². The van der Waals surface area contributed by atoms with Crippen molar-refractivity contribution in [3.8, 4) is 0 Å². The molecule has 0 atom stereocenters. The Morgan fingerprint density at radius 2 is 1.71 bits per heavy atom. The number of rotatable bonds is 8. The molecule has 116 valence electrons. The first kappa shape index (κ1) is 15.8. The SMILES string of the molecule is O=C(NCCCCN1CCCC1)NCCc1ccccc1. The Bertz CT molecular complexity index is 402. The Morgan fingerprint density at radius 3 is 2.48 bits per heavy atom. The summed E-state index contributed by atoms with van der Waals surface area (Å²) >= 11 is 0. The van der Waals surface area contributed by atoms with Crippen LogP contribution >= 0.6 is 0 Å². The van der Waals surface area contributed by atoms with Crippen LogP contribution in [-0.4, -0.2) is 43.7 Å². The van der Waals surface area contributed by atoms with Crippen LogP contribution in [0.5, 0.6) is 0 Å². The fraction of sp³-hybridized carbons (Fsp3) is 0.588. The summed E-state index contributed by atoms with van der Waals surface area (Å²) in [4.78, 5) is 14.1. The number of carbonyl (C=O) groups is 1. The Labute approximate surface area is 127 Å². The standard InChI is InChI=1S/C17H27N3O/c21-17(19-12-10-16-8-2-1-3-9-16)18-11-4-5-13-20-14-6-7-15-20/h1-3,8-9H,4-7,10-15H2,(H2,18,19,21). The molecule has 0 bridgehead atoms. The van der Waals surface area contributed by atoms with Gasteiger partial charge in [-0.15, -0.1) is 0 Å². The smallest absolute Gasteiger partial charge is 0.314 e. The summed E-state index contributed by atoms with van der Waals surface area (Å²) < 4.78 is 0. The van der Waals surface area contributed by atoms with E-state index in [1.54, 1.807) is 0 Å². The summed E-state index contributed by atoms with van der Waals surface area (Å²) in [5.74, 6) is 0. The first-order chi connectivity index (χ1) is 10.3. The molecule has 2 rings (SSSR count). The van der Waals surface area contributed by atoms with Crippen molar-refractivity contribution in [3.05, 3.63) is 35.9 Å². The fourth-order valence-corrected chi connectivity index (χ4v) is 2.70. The lowest BCUT2D eigenvalue weighted by Gasteiger charge is -2.14. The van der Waals surface area contributed by atoms with Gasteiger partial charge in [-0.25, -0.2) is 4.79 Å². The van der Waals surface area contributed by atoms with Gasteiger partial charge in [-0.2, -0.15) is 0 Å². The number of amides is 2. The Kier molecular flexibility index (Phi) is 7.08. The predicted molar refractivity (Wildman–Crippen MR) is 86.5 cm³/mol. The average molecular weight is 289 g/mol. The molecular formula is C17H27N3O. The molecule has 1 fully saturated rings. The van der Waals surface area contributed by atoms with Gasteiger partial charge in [-0.05, 0) is 57.3 Å². The molecule has 4 heteroatoms. The lowest BCUT2D eigenvalue weighted by molar-refractivity contribution is 0.240. The molecule has 2 amide bonds. The summed E-state index contributed by atoms with van der Waals surface area (Å²) in [5, 5.41) is 5.83. The molecule has 0 spiro atoms. The van der Waals surface area contributed by atoms with Crippen LogP contribution in [0.4, 0.5) is 4.79 Å². The van der Waals surface area contributed by atoms with Crippen LogP contribution < -0.4 is 10.6 Å². The Morgan fingerprint density at radius 1 is 1.00 bits per heavy atom. The quantitative estimate of drug-likeness (QED) is 0.722. The fourth-order valence-electron chi connectivity index (χ4n) is 2.70. The summed E-state index contributed by atoms with van der Waals surface area (Å²) in [6.07, 6.45) is 5.81. The Hall–Kier alpha value is -1.55. The second-order valence-corrected chi connectivity index (χ2v) is 5.67. The first-order valence-corrected chi connectivity index (χ1v) is 8.12. The van der Waals surface area contributed by atoms with Crippen molar-refractivity contribution >= 4 is 6.03 Å². The molecule has 2 N–H and O–H groups in total. The minimum Gasteiger partial charge on any atom is -0.338 e. The number of carbonyl (C=O) groups excluding carboxylic acids is 1. The van der Waals surface area contributed by atoms with Crippen LogP contribution in [0.3, 0.4) is 0 Å². The van der Waals surface area contributed by atoms with Gasteiger partial charge in [0.15, 0.2) is 0 Å². The summed E-state index contributed by atoms with van der Waals surface area (Å²) in [7, 11) is 0. The first-order valence-electron chi connectivity index (χ1n) is 8.12. The van der Waals surface area contributed by atoms with Gasteiger partial charge in [0.2, 0.25) is 0 Å². The van der Waals surface area contributed by atoms with Gasteiger partial charge in [0, 0.05) is 13.1 Å². The second kappa shape index (κ2) is 9.40. The number of likely N-dealkylation sites (tertiary alicyclic amines) is 1. The van der Waals surface area contributed by atoms with E-state index in [0.29, 0.717) is 6.54 Å². The third-order valence-corrected chi connectivity index (χ3v) is 3.93. The minimum atomic E-state index is -0.0490. The van der Waals surface area contributed by atoms with Gasteiger partial charge in [0.05, 0.1) is 0 Å². The summed E-state index contributed by atoms with van der Waals surface area (Å²) in [6.45, 7) is 5.15. The number of hydrogen-bond donors (Lipinski definition) is 2. The molecule has 0 aromatic heterocycles. The molecule has 1 aromatic carbocycles. The minimum absolute atomic E-state index is 0.0490. The van der Waals surface area contributed by atoms with Gasteiger partial charge >= 0.3 is 6.03 Å². The molecule has 0 saturated carbocycles. The highest BCUT2D eigenvalue weighted by atomic mass is 16.2. The highest BCUT2D eigenvalue weighted by Gasteiger charge is 2.10. The lowest BCUT2D eigenvalue weighted by Crippen LogP contribution is -2.37. The van der Waals surface area contributed by atoms with Gasteiger partial charge in [-0.1, -0.05) is 30.3 Å². The number of nitrogens with one attached hydrogen (secondary N) is 2. The van der Waals surface area contributed by atoms with E-state index >= 15 is 0 Å². The molecule has 0 unspecified atom stereocenters. The maximum absolute atomic E-state index is 11.6. The van der Waals surface area contributed by atoms with E-state index in [2.05, 4.69) is 27.7 Å². The van der Waals surface area contributed by atoms with E-state index in [-0.39, 0.29) is 6.03 Å². The zero-order chi connectivity index (χ0) is 14.8. The van der Waals surface area contributed by atoms with E-state index in [4.69, 9.17) is 0 Å². The molecular weight excluding hydrogens is 262 g/mol. The monoisotopic (exact) mass is 289 g/mol. The van der Waals surface area contributed by atoms with Gasteiger partial charge in [0.25, 0.3) is 0 Å². The second-order valence-electron chi connectivity index (χ2n) is 5.67. The average Bonchev–Trinajstić information content (AvgIpc) is 3.01. The van der Waals surface area contributed by atoms with Crippen molar-refractivity contribution in [1.82, 2.24) is 15.5 Å². The van der Waals surface area contributed by atoms with Gasteiger partial charge in [0.1, 0.15) is 0 Å². The van der Waals surface area contributed by atoms with Crippen molar-refractivity contribution < 1.29 is 4.79 Å². The van der Waals surface area contributed by atoms with Crippen LogP contribution in [0.25, 0.3) is 0 Å². The lowest BCUT2D eigenvalue weighted by atomic mass is 10.1. The Balaban J connectivity index is 1.44. The molecule has 1 aliphatic rings. The molecule has 0 aliphatic carbocycles. The molecule has 1 heterocycles. The zero-order valence-corrected chi connectivity index (χ0v) is 12.8. The maximum Gasteiger partial charge on any atom is 0.314 e. The van der Waals surface area contributed by atoms with E-state index in [1.807, 2.05) is 18.2 Å². The third kappa shape index (κ3) is 6.63. The van der Waals surface area contributed by atoms with Crippen molar-refractivity contribution in [2.45, 2.75) is 32.1 Å². The largest absolute Gasteiger partial charge is 0.338 e. The summed E-state index contributed by atoms with van der Waals surface area (Å²) in [5.41, 5.74) is 1.25. The molecule has 1 aromatic rings. The van der Waals surface area contributed by atoms with E-state index in [1.165, 1.54) is 44.5 Å². The predicted octanol–water partition coefficient (Wildman–Crippen LogP) is 2.40. The maximum atomic E-state index is 11.6. The van der Waals surface area contributed by atoms with Gasteiger partial charge in [-0.3, -0.25) is 0 Å². The highest BCUT2D eigenvalue weighted by molar-refractivity contribution is 5.73. The van der Waals surface area contributed by atoms with Crippen molar-refractivity contribution in [1.29, 1.82) is 0 Å². The summed E-state index contributed by atoms with van der Waals surface area (Å²) in [6, 6.07) is 10.2. The molecule has 21 heavy (non-hydrogen) atoms. The van der Waals surface area contributed by atoms with E-state index < -0.39 is 0 Å². The zero-order valence-electron chi connectivity index (χ0n) is 12.8. The number of nitrogens with zero attached hydrogens (tertiary/aromatic N) is 1. The van der Waals surface area contributed by atoms with E-state index in [0.717, 1.165) is 19.4 Å². The molecule has 4 nitrogen and oxygen atoms in total. The van der Waals surface area contributed by atoms with Crippen LogP contribution in [0.1, 0.15) is 31.2 Å². The molecule has 0 radical (unpaired) electrons. The number of benzene rings is 1. The normalized spacial score (nSPS) is 15.0. The molecule has 1 aliphatic heterocycles. The van der Waals surface area contributed by atoms with E-state index in [9.17, 15) is 4.79 Å². The number of unbranched alkanes of at least 4 members (excludes halogenated alkanes) is 1. The molecule has 1 saturated heterocycles. The van der Waals surface area contributed by atoms with Crippen LogP contribution in [-0.2, 0) is 6.42 Å². The van der Waals surface area contributed by atoms with Crippen LogP contribution in [0, 0.1) is 0 Å². The van der Waals surface area contributed by atoms with Crippen molar-refractivity contribution in [2.24, 2.45) is 0 Å². The van der Waals surface area contributed by atoms with Crippen molar-refractivity contribution in [3.63, 3.8) is 0 Å². The highest BCUT2D eigenvalue weighted by Crippen LogP contribution is 2.07. The van der Waals surface area contributed by atoms with Crippen LogP contribution in [0.2, 0.25) is 0 Å². The number of hydrogen-bond acceptors (Lipinski definition) is 2. The van der Waals surface area contributed by atoms with Crippen LogP contribution in [0.15, 0.2) is 30.3 Å². The number of urea groups is 1.